The van der Waals surface area contributed by atoms with Crippen molar-refractivity contribution < 1.29 is 9.90 Å². The topological polar surface area (TPSA) is 40.5 Å². The smallest absolute Gasteiger partial charge is 0.225 e. The van der Waals surface area contributed by atoms with Gasteiger partial charge in [-0.1, -0.05) is 6.42 Å². The van der Waals surface area contributed by atoms with Gasteiger partial charge in [0, 0.05) is 31.5 Å². The van der Waals surface area contributed by atoms with Gasteiger partial charge in [0.1, 0.15) is 0 Å². The van der Waals surface area contributed by atoms with E-state index in [9.17, 15) is 4.79 Å². The highest BCUT2D eigenvalue weighted by atomic mass is 16.3. The standard InChI is InChI=1S/C10H17NO2/c12-7-8-4-5-11(6-8)10(13)9-2-1-3-9/h8-9,12H,1-7H2/t8-/m1/s1. The summed E-state index contributed by atoms with van der Waals surface area (Å²) in [5.74, 6) is 0.990. The minimum Gasteiger partial charge on any atom is -0.396 e. The Morgan fingerprint density at radius 3 is 2.62 bits per heavy atom. The van der Waals surface area contributed by atoms with Crippen LogP contribution in [-0.4, -0.2) is 35.6 Å². The molecule has 1 heterocycles. The van der Waals surface area contributed by atoms with Crippen molar-refractivity contribution >= 4 is 5.91 Å². The Morgan fingerprint density at radius 2 is 2.15 bits per heavy atom. The van der Waals surface area contributed by atoms with Gasteiger partial charge in [0.25, 0.3) is 0 Å². The normalized spacial score (nSPS) is 29.0. The average Bonchev–Trinajstić information content (AvgIpc) is 2.48. The van der Waals surface area contributed by atoms with E-state index in [1.165, 1.54) is 6.42 Å². The second-order valence-corrected chi connectivity index (χ2v) is 4.25. The van der Waals surface area contributed by atoms with Crippen molar-refractivity contribution in [3.8, 4) is 0 Å². The lowest BCUT2D eigenvalue weighted by Gasteiger charge is -2.29. The number of aliphatic hydroxyl groups is 1. The molecular weight excluding hydrogens is 166 g/mol. The first-order valence-electron chi connectivity index (χ1n) is 5.21. The molecule has 0 aromatic heterocycles. The molecule has 13 heavy (non-hydrogen) atoms. The zero-order valence-corrected chi connectivity index (χ0v) is 7.91. The minimum absolute atomic E-state index is 0.231. The molecule has 0 aromatic rings. The van der Waals surface area contributed by atoms with Crippen LogP contribution in [0.15, 0.2) is 0 Å². The SMILES string of the molecule is O=C(C1CCC1)N1CC[C@@H](CO)C1. The molecule has 1 N–H and O–H groups in total. The Balaban J connectivity index is 1.84. The Hall–Kier alpha value is -0.570. The van der Waals surface area contributed by atoms with E-state index in [0.717, 1.165) is 32.4 Å². The number of carbonyl (C=O) groups is 1. The summed E-state index contributed by atoms with van der Waals surface area (Å²) in [7, 11) is 0. The maximum absolute atomic E-state index is 11.7. The number of nitrogens with zero attached hydrogens (tertiary/aromatic N) is 1. The third kappa shape index (κ3) is 1.70. The molecule has 3 nitrogen and oxygen atoms in total. The Bertz CT molecular complexity index is 201. The predicted molar refractivity (Wildman–Crippen MR) is 49.1 cm³/mol. The first kappa shape index (κ1) is 9.00. The minimum atomic E-state index is 0.231. The van der Waals surface area contributed by atoms with E-state index in [1.807, 2.05) is 4.90 Å². The molecule has 1 aliphatic carbocycles. The molecule has 2 fully saturated rings. The summed E-state index contributed by atoms with van der Waals surface area (Å²) in [6.45, 7) is 1.88. The van der Waals surface area contributed by atoms with Crippen molar-refractivity contribution in [3.63, 3.8) is 0 Å². The fourth-order valence-electron chi connectivity index (χ4n) is 2.10. The number of hydrogen-bond acceptors (Lipinski definition) is 2. The Kier molecular flexibility index (Phi) is 2.54. The van der Waals surface area contributed by atoms with Crippen LogP contribution in [-0.2, 0) is 4.79 Å². The van der Waals surface area contributed by atoms with Crippen molar-refractivity contribution in [2.24, 2.45) is 11.8 Å². The van der Waals surface area contributed by atoms with Crippen LogP contribution in [0, 0.1) is 11.8 Å². The lowest BCUT2D eigenvalue weighted by Crippen LogP contribution is -2.37. The molecule has 0 spiro atoms. The van der Waals surface area contributed by atoms with Gasteiger partial charge in [-0.25, -0.2) is 0 Å². The number of carbonyl (C=O) groups excluding carboxylic acids is 1. The first-order chi connectivity index (χ1) is 6.31. The van der Waals surface area contributed by atoms with Crippen LogP contribution < -0.4 is 0 Å². The molecule has 0 bridgehead atoms. The van der Waals surface area contributed by atoms with Gasteiger partial charge in [0.2, 0.25) is 5.91 Å². The Labute approximate surface area is 78.7 Å². The predicted octanol–water partition coefficient (Wildman–Crippen LogP) is 0.627. The van der Waals surface area contributed by atoms with E-state index in [4.69, 9.17) is 5.11 Å². The number of likely N-dealkylation sites (tertiary alicyclic amines) is 1. The molecule has 1 amide bonds. The first-order valence-corrected chi connectivity index (χ1v) is 5.21. The molecular formula is C10H17NO2. The van der Waals surface area contributed by atoms with Crippen LogP contribution in [0.4, 0.5) is 0 Å². The monoisotopic (exact) mass is 183 g/mol. The molecule has 74 valence electrons. The zero-order chi connectivity index (χ0) is 9.26. The van der Waals surface area contributed by atoms with E-state index in [1.54, 1.807) is 0 Å². The summed E-state index contributed by atoms with van der Waals surface area (Å²) in [6, 6.07) is 0. The summed E-state index contributed by atoms with van der Waals surface area (Å²) in [5.41, 5.74) is 0. The molecule has 2 rings (SSSR count). The average molecular weight is 183 g/mol. The Morgan fingerprint density at radius 1 is 1.38 bits per heavy atom. The second kappa shape index (κ2) is 3.66. The lowest BCUT2D eigenvalue weighted by atomic mass is 9.84. The molecule has 1 saturated carbocycles. The fraction of sp³-hybridized carbons (Fsp3) is 0.900. The van der Waals surface area contributed by atoms with Crippen molar-refractivity contribution in [3.05, 3.63) is 0 Å². The van der Waals surface area contributed by atoms with E-state index in [-0.39, 0.29) is 6.61 Å². The molecule has 2 aliphatic rings. The number of aliphatic hydroxyl groups excluding tert-OH is 1. The summed E-state index contributed by atoms with van der Waals surface area (Å²) in [6.07, 6.45) is 4.36. The third-order valence-electron chi connectivity index (χ3n) is 3.31. The molecule has 0 aromatic carbocycles. The van der Waals surface area contributed by atoms with E-state index in [2.05, 4.69) is 0 Å². The van der Waals surface area contributed by atoms with Gasteiger partial charge in [0.15, 0.2) is 0 Å². The van der Waals surface area contributed by atoms with E-state index < -0.39 is 0 Å². The maximum Gasteiger partial charge on any atom is 0.225 e. The quantitative estimate of drug-likeness (QED) is 0.682. The lowest BCUT2D eigenvalue weighted by molar-refractivity contribution is -0.137. The molecule has 0 radical (unpaired) electrons. The van der Waals surface area contributed by atoms with Crippen LogP contribution in [0.5, 0.6) is 0 Å². The third-order valence-corrected chi connectivity index (χ3v) is 3.31. The van der Waals surface area contributed by atoms with Crippen LogP contribution in [0.25, 0.3) is 0 Å². The molecule has 1 saturated heterocycles. The van der Waals surface area contributed by atoms with E-state index in [0.29, 0.717) is 17.7 Å². The van der Waals surface area contributed by atoms with Crippen molar-refractivity contribution in [1.82, 2.24) is 4.90 Å². The fourth-order valence-corrected chi connectivity index (χ4v) is 2.10. The van der Waals surface area contributed by atoms with Crippen molar-refractivity contribution in [1.29, 1.82) is 0 Å². The summed E-state index contributed by atoms with van der Waals surface area (Å²) in [5, 5.41) is 8.94. The second-order valence-electron chi connectivity index (χ2n) is 4.25. The molecule has 1 aliphatic heterocycles. The van der Waals surface area contributed by atoms with Gasteiger partial charge in [0.05, 0.1) is 0 Å². The van der Waals surface area contributed by atoms with Crippen molar-refractivity contribution in [2.45, 2.75) is 25.7 Å². The highest BCUT2D eigenvalue weighted by Crippen LogP contribution is 2.30. The van der Waals surface area contributed by atoms with Gasteiger partial charge in [-0.15, -0.1) is 0 Å². The highest BCUT2D eigenvalue weighted by Gasteiger charge is 2.33. The van der Waals surface area contributed by atoms with Crippen LogP contribution in [0.1, 0.15) is 25.7 Å². The maximum atomic E-state index is 11.7. The van der Waals surface area contributed by atoms with Gasteiger partial charge in [-0.3, -0.25) is 4.79 Å². The van der Waals surface area contributed by atoms with Crippen LogP contribution in [0.2, 0.25) is 0 Å². The molecule has 3 heteroatoms. The van der Waals surface area contributed by atoms with E-state index >= 15 is 0 Å². The molecule has 0 unspecified atom stereocenters. The van der Waals surface area contributed by atoms with Gasteiger partial charge < -0.3 is 10.0 Å². The summed E-state index contributed by atoms with van der Waals surface area (Å²) < 4.78 is 0. The summed E-state index contributed by atoms with van der Waals surface area (Å²) >= 11 is 0. The van der Waals surface area contributed by atoms with Gasteiger partial charge >= 0.3 is 0 Å². The summed E-state index contributed by atoms with van der Waals surface area (Å²) in [4.78, 5) is 13.7. The highest BCUT2D eigenvalue weighted by molar-refractivity contribution is 5.79. The van der Waals surface area contributed by atoms with Crippen molar-refractivity contribution in [2.75, 3.05) is 19.7 Å². The van der Waals surface area contributed by atoms with Gasteiger partial charge in [-0.2, -0.15) is 0 Å². The van der Waals surface area contributed by atoms with Gasteiger partial charge in [-0.05, 0) is 19.3 Å². The zero-order valence-electron chi connectivity index (χ0n) is 7.91. The largest absolute Gasteiger partial charge is 0.396 e. The number of rotatable bonds is 2. The number of amides is 1. The van der Waals surface area contributed by atoms with Crippen LogP contribution in [0.3, 0.4) is 0 Å². The number of hydrogen-bond donors (Lipinski definition) is 1. The molecule has 1 atom stereocenters. The van der Waals surface area contributed by atoms with Crippen LogP contribution >= 0.6 is 0 Å².